The standard InChI is InChI=1S/C28H31N5O2/c1-29-27(34)25-18-23(14-15-30-25)35-22-12-13-26-24(17-22)32-28(33(26)2)31-21-11-7-10-20(16-21)19-8-5-3-4-6-9-19/h7,10-19H,3-6,8-9H2,1-2H3,(H,29,34)(H,31,32). The Balaban J connectivity index is 1.36. The third-order valence-electron chi connectivity index (χ3n) is 6.75. The summed E-state index contributed by atoms with van der Waals surface area (Å²) < 4.78 is 8.04. The summed E-state index contributed by atoms with van der Waals surface area (Å²) in [7, 11) is 3.58. The van der Waals surface area contributed by atoms with Gasteiger partial charge in [-0.25, -0.2) is 4.98 Å². The molecule has 180 valence electrons. The number of carbonyl (C=O) groups is 1. The van der Waals surface area contributed by atoms with Gasteiger partial charge >= 0.3 is 0 Å². The van der Waals surface area contributed by atoms with Gasteiger partial charge in [0.05, 0.1) is 11.0 Å². The van der Waals surface area contributed by atoms with Crippen LogP contribution in [0, 0.1) is 0 Å². The molecule has 1 aliphatic carbocycles. The van der Waals surface area contributed by atoms with Crippen LogP contribution in [0.2, 0.25) is 0 Å². The molecule has 5 rings (SSSR count). The predicted octanol–water partition coefficient (Wildman–Crippen LogP) is 6.30. The molecule has 2 aromatic heterocycles. The summed E-state index contributed by atoms with van der Waals surface area (Å²) in [6, 6.07) is 17.9. The zero-order valence-corrected chi connectivity index (χ0v) is 20.3. The molecule has 1 fully saturated rings. The van der Waals surface area contributed by atoms with Crippen LogP contribution in [0.5, 0.6) is 11.5 Å². The number of nitrogens with one attached hydrogen (secondary N) is 2. The van der Waals surface area contributed by atoms with Crippen molar-refractivity contribution in [3.05, 3.63) is 72.1 Å². The summed E-state index contributed by atoms with van der Waals surface area (Å²) in [6.07, 6.45) is 9.48. The van der Waals surface area contributed by atoms with Crippen molar-refractivity contribution in [1.29, 1.82) is 0 Å². The fraction of sp³-hybridized carbons (Fsp3) is 0.321. The lowest BCUT2D eigenvalue weighted by Crippen LogP contribution is -2.18. The Bertz CT molecular complexity index is 1340. The molecule has 0 radical (unpaired) electrons. The number of hydrogen-bond acceptors (Lipinski definition) is 5. The van der Waals surface area contributed by atoms with Gasteiger partial charge in [-0.1, -0.05) is 37.8 Å². The summed E-state index contributed by atoms with van der Waals surface area (Å²) in [5.74, 6) is 2.36. The average Bonchev–Trinajstić information content (AvgIpc) is 3.05. The Morgan fingerprint density at radius 1 is 1.00 bits per heavy atom. The third kappa shape index (κ3) is 5.14. The zero-order chi connectivity index (χ0) is 24.2. The second kappa shape index (κ2) is 10.2. The molecule has 0 unspecified atom stereocenters. The Hall–Kier alpha value is -3.87. The fourth-order valence-corrected chi connectivity index (χ4v) is 4.83. The minimum Gasteiger partial charge on any atom is -0.457 e. The maximum atomic E-state index is 11.9. The Morgan fingerprint density at radius 3 is 2.60 bits per heavy atom. The van der Waals surface area contributed by atoms with Gasteiger partial charge in [0, 0.05) is 38.1 Å². The summed E-state index contributed by atoms with van der Waals surface area (Å²) in [6.45, 7) is 0. The van der Waals surface area contributed by atoms with Gasteiger partial charge in [-0.05, 0) is 54.7 Å². The second-order valence-corrected chi connectivity index (χ2v) is 9.14. The Kier molecular flexibility index (Phi) is 6.66. The molecule has 7 heteroatoms. The molecule has 2 aromatic carbocycles. The lowest BCUT2D eigenvalue weighted by atomic mass is 9.91. The van der Waals surface area contributed by atoms with Gasteiger partial charge < -0.3 is 19.9 Å². The van der Waals surface area contributed by atoms with Crippen molar-refractivity contribution in [2.45, 2.75) is 44.4 Å². The van der Waals surface area contributed by atoms with Crippen LogP contribution in [-0.2, 0) is 7.05 Å². The molecule has 2 N–H and O–H groups in total. The first-order valence-corrected chi connectivity index (χ1v) is 12.3. The van der Waals surface area contributed by atoms with Crippen molar-refractivity contribution < 1.29 is 9.53 Å². The number of imidazole rings is 1. The van der Waals surface area contributed by atoms with Crippen LogP contribution in [0.25, 0.3) is 11.0 Å². The average molecular weight is 470 g/mol. The van der Waals surface area contributed by atoms with E-state index in [4.69, 9.17) is 9.72 Å². The van der Waals surface area contributed by atoms with Crippen molar-refractivity contribution in [1.82, 2.24) is 19.9 Å². The van der Waals surface area contributed by atoms with Crippen molar-refractivity contribution in [2.75, 3.05) is 12.4 Å². The van der Waals surface area contributed by atoms with E-state index in [0.717, 1.165) is 22.7 Å². The SMILES string of the molecule is CNC(=O)c1cc(Oc2ccc3c(c2)nc(Nc2cccc(C4CCCCCC4)c2)n3C)ccn1. The van der Waals surface area contributed by atoms with Crippen molar-refractivity contribution in [2.24, 2.45) is 7.05 Å². The minimum absolute atomic E-state index is 0.255. The Labute approximate surface area is 205 Å². The van der Waals surface area contributed by atoms with E-state index in [1.54, 1.807) is 25.4 Å². The van der Waals surface area contributed by atoms with Gasteiger partial charge in [0.15, 0.2) is 0 Å². The number of nitrogens with zero attached hydrogens (tertiary/aromatic N) is 3. The number of benzene rings is 2. The first kappa shape index (κ1) is 22.9. The Morgan fingerprint density at radius 2 is 1.80 bits per heavy atom. The van der Waals surface area contributed by atoms with Crippen LogP contribution in [0.3, 0.4) is 0 Å². The molecule has 1 amide bonds. The van der Waals surface area contributed by atoms with Gasteiger partial charge in [0.1, 0.15) is 17.2 Å². The highest BCUT2D eigenvalue weighted by atomic mass is 16.5. The summed E-state index contributed by atoms with van der Waals surface area (Å²) in [5, 5.41) is 6.08. The third-order valence-corrected chi connectivity index (χ3v) is 6.75. The molecular weight excluding hydrogens is 438 g/mol. The van der Waals surface area contributed by atoms with Gasteiger partial charge in [0.2, 0.25) is 5.95 Å². The van der Waals surface area contributed by atoms with Crippen LogP contribution < -0.4 is 15.4 Å². The largest absolute Gasteiger partial charge is 0.457 e. The molecular formula is C28H31N5O2. The van der Waals surface area contributed by atoms with E-state index in [0.29, 0.717) is 23.1 Å². The van der Waals surface area contributed by atoms with E-state index >= 15 is 0 Å². The highest BCUT2D eigenvalue weighted by Crippen LogP contribution is 2.33. The maximum Gasteiger partial charge on any atom is 0.269 e. The number of rotatable bonds is 6. The molecule has 0 bridgehead atoms. The number of anilines is 2. The minimum atomic E-state index is -0.255. The summed E-state index contributed by atoms with van der Waals surface area (Å²) in [5.41, 5.74) is 4.61. The monoisotopic (exact) mass is 469 g/mol. The molecule has 35 heavy (non-hydrogen) atoms. The topological polar surface area (TPSA) is 81.1 Å². The number of aryl methyl sites for hydroxylation is 1. The van der Waals surface area contributed by atoms with Crippen LogP contribution in [-0.4, -0.2) is 27.5 Å². The molecule has 7 nitrogen and oxygen atoms in total. The van der Waals surface area contributed by atoms with Gasteiger partial charge in [-0.3, -0.25) is 9.78 Å². The lowest BCUT2D eigenvalue weighted by molar-refractivity contribution is 0.0958. The normalized spacial score (nSPS) is 14.5. The molecule has 0 atom stereocenters. The zero-order valence-electron chi connectivity index (χ0n) is 20.3. The van der Waals surface area contributed by atoms with Gasteiger partial charge in [-0.15, -0.1) is 0 Å². The van der Waals surface area contributed by atoms with Crippen molar-refractivity contribution in [3.63, 3.8) is 0 Å². The molecule has 0 aliphatic heterocycles. The quantitative estimate of drug-likeness (QED) is 0.324. The van der Waals surface area contributed by atoms with Crippen molar-refractivity contribution in [3.8, 4) is 11.5 Å². The van der Waals surface area contributed by atoms with E-state index < -0.39 is 0 Å². The number of pyridine rings is 1. The van der Waals surface area contributed by atoms with E-state index in [9.17, 15) is 4.79 Å². The number of hydrogen-bond donors (Lipinski definition) is 2. The number of amides is 1. The van der Waals surface area contributed by atoms with E-state index in [-0.39, 0.29) is 5.91 Å². The summed E-state index contributed by atoms with van der Waals surface area (Å²) in [4.78, 5) is 20.8. The van der Waals surface area contributed by atoms with Crippen LogP contribution >= 0.6 is 0 Å². The molecule has 2 heterocycles. The maximum absolute atomic E-state index is 11.9. The van der Waals surface area contributed by atoms with Gasteiger partial charge in [0.25, 0.3) is 5.91 Å². The summed E-state index contributed by atoms with van der Waals surface area (Å²) >= 11 is 0. The lowest BCUT2D eigenvalue weighted by Gasteiger charge is -2.16. The van der Waals surface area contributed by atoms with E-state index in [1.165, 1.54) is 44.1 Å². The number of fused-ring (bicyclic) bond motifs is 1. The predicted molar refractivity (Wildman–Crippen MR) is 139 cm³/mol. The highest BCUT2D eigenvalue weighted by molar-refractivity contribution is 5.92. The van der Waals surface area contributed by atoms with Crippen LogP contribution in [0.15, 0.2) is 60.8 Å². The van der Waals surface area contributed by atoms with Crippen molar-refractivity contribution >= 4 is 28.6 Å². The molecule has 0 spiro atoms. The number of carbonyl (C=O) groups excluding carboxylic acids is 1. The second-order valence-electron chi connectivity index (χ2n) is 9.14. The molecule has 0 saturated heterocycles. The number of ether oxygens (including phenoxy) is 1. The van der Waals surface area contributed by atoms with Gasteiger partial charge in [-0.2, -0.15) is 0 Å². The molecule has 1 saturated carbocycles. The first-order valence-electron chi connectivity index (χ1n) is 12.3. The number of aromatic nitrogens is 3. The van der Waals surface area contributed by atoms with Crippen LogP contribution in [0.1, 0.15) is 60.5 Å². The highest BCUT2D eigenvalue weighted by Gasteiger charge is 2.16. The molecule has 4 aromatic rings. The molecule has 1 aliphatic rings. The fourth-order valence-electron chi connectivity index (χ4n) is 4.83. The first-order chi connectivity index (χ1) is 17.1. The smallest absolute Gasteiger partial charge is 0.269 e. The van der Waals surface area contributed by atoms with Crippen LogP contribution in [0.4, 0.5) is 11.6 Å². The van der Waals surface area contributed by atoms with E-state index in [2.05, 4.69) is 39.9 Å². The van der Waals surface area contributed by atoms with E-state index in [1.807, 2.05) is 29.8 Å².